The number of nitrogens with one attached hydrogen (secondary N) is 2. The predicted octanol–water partition coefficient (Wildman–Crippen LogP) is 3.17. The van der Waals surface area contributed by atoms with Crippen LogP contribution < -0.4 is 10.0 Å². The average molecular weight is 475 g/mol. The Morgan fingerprint density at radius 3 is 2.31 bits per heavy atom. The zero-order valence-electron chi connectivity index (χ0n) is 18.3. The van der Waals surface area contributed by atoms with E-state index in [2.05, 4.69) is 25.2 Å². The number of carbonyl (C=O) groups excluding carboxylic acids is 1. The average Bonchev–Trinajstić information content (AvgIpc) is 3.16. The highest BCUT2D eigenvalue weighted by molar-refractivity contribution is 8.00. The molecule has 1 aromatic carbocycles. The smallest absolute Gasteiger partial charge is 0.240 e. The third kappa shape index (κ3) is 5.72. The Balaban J connectivity index is 1.68. The van der Waals surface area contributed by atoms with Crippen molar-refractivity contribution in [3.63, 3.8) is 0 Å². The number of carbonyl (C=O) groups is 1. The lowest BCUT2D eigenvalue weighted by Gasteiger charge is -2.13. The van der Waals surface area contributed by atoms with Gasteiger partial charge in [-0.1, -0.05) is 11.8 Å². The van der Waals surface area contributed by atoms with E-state index in [1.54, 1.807) is 45.3 Å². The molecule has 3 aromatic rings. The predicted molar refractivity (Wildman–Crippen MR) is 125 cm³/mol. The molecule has 2 N–H and O–H groups in total. The van der Waals surface area contributed by atoms with Crippen molar-refractivity contribution in [2.45, 2.75) is 55.6 Å². The molecule has 170 valence electrons. The van der Waals surface area contributed by atoms with Crippen LogP contribution in [0.4, 0.5) is 5.69 Å². The number of anilines is 1. The lowest BCUT2D eigenvalue weighted by atomic mass is 10.2. The fraction of sp³-hybridized carbons (Fsp3) is 0.333. The lowest BCUT2D eigenvalue weighted by Crippen LogP contribution is -2.30. The number of amides is 1. The summed E-state index contributed by atoms with van der Waals surface area (Å²) in [7, 11) is -3.58. The van der Waals surface area contributed by atoms with Crippen molar-refractivity contribution in [2.75, 3.05) is 5.32 Å². The Bertz CT molecular complexity index is 1160. The van der Waals surface area contributed by atoms with Crippen molar-refractivity contribution in [3.05, 3.63) is 48.8 Å². The summed E-state index contributed by atoms with van der Waals surface area (Å²) in [6.07, 6.45) is 3.39. The standard InChI is InChI=1S/C21H26N6O3S2/c1-5-27-19(16-10-12-22-13-11-16)24-25-21(27)31-15(4)20(28)23-17-6-8-18(9-7-17)32(29,30)26-14(2)3/h6-15,26H,5H2,1-4H3,(H,23,28)/t15-/m1/s1. The van der Waals surface area contributed by atoms with Gasteiger partial charge in [-0.25, -0.2) is 13.1 Å². The highest BCUT2D eigenvalue weighted by Crippen LogP contribution is 2.27. The number of hydrogen-bond acceptors (Lipinski definition) is 7. The van der Waals surface area contributed by atoms with Gasteiger partial charge in [0.2, 0.25) is 15.9 Å². The first-order chi connectivity index (χ1) is 15.2. The van der Waals surface area contributed by atoms with Crippen LogP contribution in [0.2, 0.25) is 0 Å². The maximum Gasteiger partial charge on any atom is 0.240 e. The number of benzene rings is 1. The van der Waals surface area contributed by atoms with Crippen LogP contribution in [-0.2, 0) is 21.4 Å². The van der Waals surface area contributed by atoms with E-state index in [0.29, 0.717) is 17.4 Å². The molecule has 1 atom stereocenters. The molecule has 1 amide bonds. The van der Waals surface area contributed by atoms with Crippen molar-refractivity contribution in [1.82, 2.24) is 24.5 Å². The van der Waals surface area contributed by atoms with E-state index < -0.39 is 15.3 Å². The van der Waals surface area contributed by atoms with E-state index in [-0.39, 0.29) is 16.8 Å². The highest BCUT2D eigenvalue weighted by Gasteiger charge is 2.21. The SMILES string of the molecule is CCn1c(S[C@H](C)C(=O)Nc2ccc(S(=O)(=O)NC(C)C)cc2)nnc1-c1ccncc1. The molecular weight excluding hydrogens is 448 g/mol. The van der Waals surface area contributed by atoms with Crippen molar-refractivity contribution in [1.29, 1.82) is 0 Å². The molecule has 2 heterocycles. The van der Waals surface area contributed by atoms with E-state index in [0.717, 1.165) is 11.4 Å². The molecule has 0 saturated carbocycles. The molecule has 0 radical (unpaired) electrons. The Labute approximate surface area is 192 Å². The summed E-state index contributed by atoms with van der Waals surface area (Å²) in [5.41, 5.74) is 1.42. The summed E-state index contributed by atoms with van der Waals surface area (Å²) in [4.78, 5) is 16.9. The van der Waals surface area contributed by atoms with Gasteiger partial charge in [0, 0.05) is 36.2 Å². The summed E-state index contributed by atoms with van der Waals surface area (Å²) in [6.45, 7) is 7.94. The molecule has 2 aromatic heterocycles. The van der Waals surface area contributed by atoms with Crippen molar-refractivity contribution in [3.8, 4) is 11.4 Å². The Morgan fingerprint density at radius 2 is 1.72 bits per heavy atom. The molecule has 0 aliphatic heterocycles. The molecule has 0 spiro atoms. The minimum Gasteiger partial charge on any atom is -0.325 e. The number of nitrogens with zero attached hydrogens (tertiary/aromatic N) is 4. The number of rotatable bonds is 9. The van der Waals surface area contributed by atoms with Gasteiger partial charge in [0.25, 0.3) is 0 Å². The van der Waals surface area contributed by atoms with Crippen molar-refractivity contribution in [2.24, 2.45) is 0 Å². The summed E-state index contributed by atoms with van der Waals surface area (Å²) < 4.78 is 28.9. The molecule has 0 aliphatic carbocycles. The molecule has 0 bridgehead atoms. The third-order valence-electron chi connectivity index (χ3n) is 4.45. The normalized spacial score (nSPS) is 12.7. The van der Waals surface area contributed by atoms with Crippen LogP contribution in [0.3, 0.4) is 0 Å². The van der Waals surface area contributed by atoms with Crippen LogP contribution in [0, 0.1) is 0 Å². The fourth-order valence-electron chi connectivity index (χ4n) is 2.93. The van der Waals surface area contributed by atoms with E-state index in [4.69, 9.17) is 0 Å². The van der Waals surface area contributed by atoms with Gasteiger partial charge < -0.3 is 9.88 Å². The van der Waals surface area contributed by atoms with E-state index >= 15 is 0 Å². The Hall–Kier alpha value is -2.76. The van der Waals surface area contributed by atoms with Gasteiger partial charge in [-0.15, -0.1) is 10.2 Å². The third-order valence-corrected chi connectivity index (χ3v) is 7.20. The minimum absolute atomic E-state index is 0.145. The molecule has 0 aliphatic rings. The minimum atomic E-state index is -3.58. The Kier molecular flexibility index (Phi) is 7.64. The van der Waals surface area contributed by atoms with Crippen LogP contribution in [0.25, 0.3) is 11.4 Å². The molecule has 11 heteroatoms. The van der Waals surface area contributed by atoms with Gasteiger partial charge >= 0.3 is 0 Å². The number of sulfonamides is 1. The molecule has 0 fully saturated rings. The zero-order valence-corrected chi connectivity index (χ0v) is 19.9. The monoisotopic (exact) mass is 474 g/mol. The highest BCUT2D eigenvalue weighted by atomic mass is 32.2. The summed E-state index contributed by atoms with van der Waals surface area (Å²) in [6, 6.07) is 9.59. The van der Waals surface area contributed by atoms with Crippen LogP contribution in [0.5, 0.6) is 0 Å². The second kappa shape index (κ2) is 10.2. The fourth-order valence-corrected chi connectivity index (χ4v) is 5.09. The second-order valence-electron chi connectivity index (χ2n) is 7.34. The van der Waals surface area contributed by atoms with Crippen LogP contribution in [0.15, 0.2) is 58.8 Å². The maximum absolute atomic E-state index is 12.7. The molecule has 0 unspecified atom stereocenters. The van der Waals surface area contributed by atoms with Gasteiger partial charge in [0.05, 0.1) is 10.1 Å². The number of thioether (sulfide) groups is 1. The van der Waals surface area contributed by atoms with Gasteiger partial charge in [-0.2, -0.15) is 0 Å². The summed E-state index contributed by atoms with van der Waals surface area (Å²) in [5, 5.41) is 11.5. The van der Waals surface area contributed by atoms with Crippen LogP contribution in [0.1, 0.15) is 27.7 Å². The second-order valence-corrected chi connectivity index (χ2v) is 10.4. The lowest BCUT2D eigenvalue weighted by molar-refractivity contribution is -0.115. The van der Waals surface area contributed by atoms with Gasteiger partial charge in [0.15, 0.2) is 11.0 Å². The van der Waals surface area contributed by atoms with Crippen molar-refractivity contribution >= 4 is 33.4 Å². The van der Waals surface area contributed by atoms with Gasteiger partial charge in [-0.3, -0.25) is 9.78 Å². The zero-order chi connectivity index (χ0) is 23.3. The van der Waals surface area contributed by atoms with E-state index in [1.807, 2.05) is 23.6 Å². The topological polar surface area (TPSA) is 119 Å². The molecule has 3 rings (SSSR count). The summed E-state index contributed by atoms with van der Waals surface area (Å²) >= 11 is 1.31. The van der Waals surface area contributed by atoms with Gasteiger partial charge in [0.1, 0.15) is 0 Å². The number of pyridine rings is 1. The summed E-state index contributed by atoms with van der Waals surface area (Å²) in [5.74, 6) is 0.499. The first-order valence-corrected chi connectivity index (χ1v) is 12.5. The Morgan fingerprint density at radius 1 is 1.06 bits per heavy atom. The number of aromatic nitrogens is 4. The van der Waals surface area contributed by atoms with Crippen molar-refractivity contribution < 1.29 is 13.2 Å². The molecule has 0 saturated heterocycles. The molecule has 32 heavy (non-hydrogen) atoms. The maximum atomic E-state index is 12.7. The first-order valence-electron chi connectivity index (χ1n) is 10.1. The van der Waals surface area contributed by atoms with E-state index in [9.17, 15) is 13.2 Å². The molecule has 9 nitrogen and oxygen atoms in total. The number of hydrogen-bond donors (Lipinski definition) is 2. The first kappa shape index (κ1) is 23.9. The van der Waals surface area contributed by atoms with Crippen LogP contribution in [-0.4, -0.2) is 45.4 Å². The molecular formula is C21H26N6O3S2. The van der Waals surface area contributed by atoms with Gasteiger partial charge in [-0.05, 0) is 64.1 Å². The quantitative estimate of drug-likeness (QED) is 0.457. The van der Waals surface area contributed by atoms with Crippen LogP contribution >= 0.6 is 11.8 Å². The largest absolute Gasteiger partial charge is 0.325 e. The van der Waals surface area contributed by atoms with E-state index in [1.165, 1.54) is 23.9 Å².